The van der Waals surface area contributed by atoms with Crippen molar-refractivity contribution in [3.8, 4) is 0 Å². The fourth-order valence-electron chi connectivity index (χ4n) is 3.81. The largest absolute Gasteiger partial charge is 0.372 e. The molecule has 1 saturated heterocycles. The molecule has 0 radical (unpaired) electrons. The van der Waals surface area contributed by atoms with Crippen LogP contribution in [0.25, 0.3) is 0 Å². The third-order valence-corrected chi connectivity index (χ3v) is 8.46. The molecular weight excluding hydrogens is 457 g/mol. The van der Waals surface area contributed by atoms with Crippen LogP contribution < -0.4 is 10.2 Å². The molecule has 31 heavy (non-hydrogen) atoms. The molecule has 1 heterocycles. The summed E-state index contributed by atoms with van der Waals surface area (Å²) < 4.78 is 27.3. The first-order valence-corrected chi connectivity index (χ1v) is 12.6. The van der Waals surface area contributed by atoms with Gasteiger partial charge in [-0.1, -0.05) is 29.3 Å². The summed E-state index contributed by atoms with van der Waals surface area (Å²) in [5.74, 6) is -0.348. The minimum Gasteiger partial charge on any atom is -0.372 e. The number of carbonyl (C=O) groups excluding carboxylic acids is 1. The zero-order valence-corrected chi connectivity index (χ0v) is 20.0. The standard InChI is InChI=1S/C22H27Cl2N3O3S/c1-3-26(4-2)18-10-8-17(9-11-18)25-22(28)16-12-14-27(15-13-16)31(29,30)21-19(23)6-5-7-20(21)24/h5-11,16H,3-4,12-15H2,1-2H3,(H,25,28). The lowest BCUT2D eigenvalue weighted by Crippen LogP contribution is -2.41. The maximum absolute atomic E-state index is 13.0. The second kappa shape index (κ2) is 10.2. The molecule has 3 rings (SSSR count). The van der Waals surface area contributed by atoms with E-state index in [1.807, 2.05) is 24.3 Å². The molecule has 0 aliphatic carbocycles. The summed E-state index contributed by atoms with van der Waals surface area (Å²) in [6.07, 6.45) is 0.870. The molecule has 0 saturated carbocycles. The van der Waals surface area contributed by atoms with E-state index in [-0.39, 0.29) is 39.9 Å². The van der Waals surface area contributed by atoms with Crippen LogP contribution in [0.2, 0.25) is 10.0 Å². The normalized spacial score (nSPS) is 15.6. The van der Waals surface area contributed by atoms with Crippen LogP contribution in [0.5, 0.6) is 0 Å². The van der Waals surface area contributed by atoms with Gasteiger partial charge in [0, 0.05) is 43.5 Å². The number of hydrogen-bond acceptors (Lipinski definition) is 4. The molecule has 2 aromatic rings. The average molecular weight is 484 g/mol. The zero-order valence-electron chi connectivity index (χ0n) is 17.6. The summed E-state index contributed by atoms with van der Waals surface area (Å²) in [4.78, 5) is 14.9. The topological polar surface area (TPSA) is 69.7 Å². The summed E-state index contributed by atoms with van der Waals surface area (Å²) >= 11 is 12.2. The van der Waals surface area contributed by atoms with Crippen molar-refractivity contribution in [2.45, 2.75) is 31.6 Å². The monoisotopic (exact) mass is 483 g/mol. The summed E-state index contributed by atoms with van der Waals surface area (Å²) in [5, 5.41) is 3.15. The van der Waals surface area contributed by atoms with Gasteiger partial charge in [-0.25, -0.2) is 8.42 Å². The van der Waals surface area contributed by atoms with Crippen LogP contribution in [0.15, 0.2) is 47.4 Å². The van der Waals surface area contributed by atoms with E-state index in [1.165, 1.54) is 16.4 Å². The molecule has 0 aromatic heterocycles. The smallest absolute Gasteiger partial charge is 0.246 e. The third kappa shape index (κ3) is 5.34. The molecule has 1 N–H and O–H groups in total. The highest BCUT2D eigenvalue weighted by Gasteiger charge is 2.34. The van der Waals surface area contributed by atoms with E-state index in [4.69, 9.17) is 23.2 Å². The number of rotatable bonds is 7. The summed E-state index contributed by atoms with van der Waals surface area (Å²) in [5.41, 5.74) is 1.85. The van der Waals surface area contributed by atoms with Gasteiger partial charge >= 0.3 is 0 Å². The highest BCUT2D eigenvalue weighted by molar-refractivity contribution is 7.89. The minimum absolute atomic E-state index is 0.0745. The molecule has 0 bridgehead atoms. The number of anilines is 2. The number of nitrogens with zero attached hydrogens (tertiary/aromatic N) is 2. The van der Waals surface area contributed by atoms with E-state index < -0.39 is 10.0 Å². The van der Waals surface area contributed by atoms with Gasteiger partial charge in [0.15, 0.2) is 0 Å². The van der Waals surface area contributed by atoms with Gasteiger partial charge in [0.1, 0.15) is 4.90 Å². The van der Waals surface area contributed by atoms with Crippen LogP contribution in [-0.4, -0.2) is 44.8 Å². The lowest BCUT2D eigenvalue weighted by atomic mass is 9.97. The Morgan fingerprint density at radius 1 is 1.03 bits per heavy atom. The number of sulfonamides is 1. The number of benzene rings is 2. The maximum Gasteiger partial charge on any atom is 0.246 e. The van der Waals surface area contributed by atoms with Crippen LogP contribution in [-0.2, 0) is 14.8 Å². The van der Waals surface area contributed by atoms with E-state index in [1.54, 1.807) is 6.07 Å². The van der Waals surface area contributed by atoms with Crippen molar-refractivity contribution in [3.63, 3.8) is 0 Å². The molecule has 0 spiro atoms. The highest BCUT2D eigenvalue weighted by Crippen LogP contribution is 2.33. The van der Waals surface area contributed by atoms with Crippen molar-refractivity contribution in [1.29, 1.82) is 0 Å². The van der Waals surface area contributed by atoms with E-state index in [2.05, 4.69) is 24.1 Å². The Morgan fingerprint density at radius 2 is 1.58 bits per heavy atom. The number of amides is 1. The summed E-state index contributed by atoms with van der Waals surface area (Å²) in [7, 11) is -3.82. The average Bonchev–Trinajstić information content (AvgIpc) is 2.75. The maximum atomic E-state index is 13.0. The van der Waals surface area contributed by atoms with Gasteiger partial charge in [0.2, 0.25) is 15.9 Å². The van der Waals surface area contributed by atoms with E-state index in [0.717, 1.165) is 24.5 Å². The zero-order chi connectivity index (χ0) is 22.6. The summed E-state index contributed by atoms with van der Waals surface area (Å²) in [6, 6.07) is 12.4. The number of carbonyl (C=O) groups is 1. The lowest BCUT2D eigenvalue weighted by Gasteiger charge is -2.31. The summed E-state index contributed by atoms with van der Waals surface area (Å²) in [6.45, 7) is 6.52. The van der Waals surface area contributed by atoms with Gasteiger partial charge in [0.25, 0.3) is 0 Å². The molecule has 168 valence electrons. The van der Waals surface area contributed by atoms with Crippen molar-refractivity contribution >= 4 is 50.5 Å². The van der Waals surface area contributed by atoms with Crippen LogP contribution in [0.4, 0.5) is 11.4 Å². The molecule has 1 fully saturated rings. The van der Waals surface area contributed by atoms with Crippen LogP contribution in [0, 0.1) is 5.92 Å². The van der Waals surface area contributed by atoms with Crippen LogP contribution >= 0.6 is 23.2 Å². The molecule has 2 aromatic carbocycles. The Balaban J connectivity index is 1.61. The SMILES string of the molecule is CCN(CC)c1ccc(NC(=O)C2CCN(S(=O)(=O)c3c(Cl)cccc3Cl)CC2)cc1. The third-order valence-electron chi connectivity index (χ3n) is 5.60. The number of halogens is 2. The Labute approximate surface area is 194 Å². The van der Waals surface area contributed by atoms with E-state index >= 15 is 0 Å². The molecule has 0 unspecified atom stereocenters. The van der Waals surface area contributed by atoms with E-state index in [0.29, 0.717) is 12.8 Å². The van der Waals surface area contributed by atoms with E-state index in [9.17, 15) is 13.2 Å². The van der Waals surface area contributed by atoms with Gasteiger partial charge in [0.05, 0.1) is 10.0 Å². The molecular formula is C22H27Cl2N3O3S. The Morgan fingerprint density at radius 3 is 2.10 bits per heavy atom. The van der Waals surface area contributed by atoms with Gasteiger partial charge < -0.3 is 10.2 Å². The second-order valence-corrected chi connectivity index (χ2v) is 10.1. The number of nitrogens with one attached hydrogen (secondary N) is 1. The molecule has 0 atom stereocenters. The number of hydrogen-bond donors (Lipinski definition) is 1. The van der Waals surface area contributed by atoms with Crippen molar-refractivity contribution in [3.05, 3.63) is 52.5 Å². The second-order valence-electron chi connectivity index (χ2n) is 7.44. The molecule has 9 heteroatoms. The van der Waals surface area contributed by atoms with Crippen molar-refractivity contribution in [2.75, 3.05) is 36.4 Å². The number of piperidine rings is 1. The predicted molar refractivity (Wildman–Crippen MR) is 127 cm³/mol. The molecule has 6 nitrogen and oxygen atoms in total. The van der Waals surface area contributed by atoms with Gasteiger partial charge in [-0.2, -0.15) is 4.31 Å². The molecule has 1 aliphatic heterocycles. The predicted octanol–water partition coefficient (Wildman–Crippen LogP) is 4.88. The first kappa shape index (κ1) is 23.9. The van der Waals surface area contributed by atoms with Crippen LogP contribution in [0.3, 0.4) is 0 Å². The van der Waals surface area contributed by atoms with Gasteiger partial charge in [-0.15, -0.1) is 0 Å². The highest BCUT2D eigenvalue weighted by atomic mass is 35.5. The lowest BCUT2D eigenvalue weighted by molar-refractivity contribution is -0.120. The molecule has 1 aliphatic rings. The molecule has 1 amide bonds. The van der Waals surface area contributed by atoms with Crippen molar-refractivity contribution in [1.82, 2.24) is 4.31 Å². The Bertz CT molecular complexity index is 997. The van der Waals surface area contributed by atoms with Crippen molar-refractivity contribution < 1.29 is 13.2 Å². The van der Waals surface area contributed by atoms with Crippen LogP contribution in [0.1, 0.15) is 26.7 Å². The minimum atomic E-state index is -3.82. The first-order valence-electron chi connectivity index (χ1n) is 10.4. The first-order chi connectivity index (χ1) is 14.8. The fraction of sp³-hybridized carbons (Fsp3) is 0.409. The Hall–Kier alpha value is -1.80. The fourth-order valence-corrected chi connectivity index (χ4v) is 6.37. The van der Waals surface area contributed by atoms with Crippen molar-refractivity contribution in [2.24, 2.45) is 5.92 Å². The Kier molecular flexibility index (Phi) is 7.86. The van der Waals surface area contributed by atoms with Gasteiger partial charge in [-0.05, 0) is 63.1 Å². The van der Waals surface area contributed by atoms with Gasteiger partial charge in [-0.3, -0.25) is 4.79 Å². The quantitative estimate of drug-likeness (QED) is 0.608.